The number of nitrogens with zero attached hydrogens (tertiary/aromatic N) is 2. The first-order valence-electron chi connectivity index (χ1n) is 8.92. The number of pyridine rings is 1. The predicted octanol–water partition coefficient (Wildman–Crippen LogP) is 5.37. The Bertz CT molecular complexity index is 1320. The molecule has 3 heterocycles. The molecule has 1 amide bonds. The second-order valence-electron chi connectivity index (χ2n) is 6.32. The number of rotatable bonds is 4. The van der Waals surface area contributed by atoms with Crippen LogP contribution >= 0.6 is 11.3 Å². The van der Waals surface area contributed by atoms with Gasteiger partial charge in [0.2, 0.25) is 0 Å². The number of para-hydroxylation sites is 1. The molecule has 0 unspecified atom stereocenters. The highest BCUT2D eigenvalue weighted by atomic mass is 32.1. The van der Waals surface area contributed by atoms with Crippen molar-refractivity contribution in [3.63, 3.8) is 0 Å². The van der Waals surface area contributed by atoms with Crippen molar-refractivity contribution in [3.8, 4) is 16.5 Å². The Hall–Kier alpha value is -3.71. The minimum atomic E-state index is -0.340. The molecular formula is C22H15N3O3S. The number of anilines is 1. The molecule has 0 atom stereocenters. The second-order valence-corrected chi connectivity index (χ2v) is 7.35. The highest BCUT2D eigenvalue weighted by molar-refractivity contribution is 7.21. The zero-order chi connectivity index (χ0) is 19.8. The van der Waals surface area contributed by atoms with E-state index in [9.17, 15) is 4.79 Å². The zero-order valence-corrected chi connectivity index (χ0v) is 16.2. The number of thiazole rings is 1. The van der Waals surface area contributed by atoms with E-state index in [1.54, 1.807) is 37.6 Å². The molecule has 7 heteroatoms. The van der Waals surface area contributed by atoms with Crippen molar-refractivity contribution in [2.75, 3.05) is 12.4 Å². The number of hydrogen-bond donors (Lipinski definition) is 1. The molecule has 5 rings (SSSR count). The van der Waals surface area contributed by atoms with Crippen molar-refractivity contribution < 1.29 is 13.9 Å². The van der Waals surface area contributed by atoms with E-state index in [4.69, 9.17) is 9.15 Å². The molecule has 0 fully saturated rings. The van der Waals surface area contributed by atoms with Crippen molar-refractivity contribution in [3.05, 3.63) is 72.6 Å². The van der Waals surface area contributed by atoms with Crippen LogP contribution in [0.15, 0.2) is 71.3 Å². The van der Waals surface area contributed by atoms with Crippen LogP contribution in [0.25, 0.3) is 31.9 Å². The van der Waals surface area contributed by atoms with Gasteiger partial charge < -0.3 is 14.5 Å². The molecule has 0 aliphatic rings. The molecular weight excluding hydrogens is 386 g/mol. The number of furan rings is 1. The fourth-order valence-electron chi connectivity index (χ4n) is 3.16. The normalized spacial score (nSPS) is 11.1. The molecule has 0 radical (unpaired) electrons. The van der Waals surface area contributed by atoms with Crippen LogP contribution in [-0.4, -0.2) is 23.0 Å². The van der Waals surface area contributed by atoms with E-state index in [0.29, 0.717) is 22.7 Å². The molecule has 142 valence electrons. The maximum Gasteiger partial charge on any atom is 0.291 e. The lowest BCUT2D eigenvalue weighted by Crippen LogP contribution is -2.11. The summed E-state index contributed by atoms with van der Waals surface area (Å²) in [4.78, 5) is 21.7. The number of hydrogen-bond acceptors (Lipinski definition) is 6. The fraction of sp³-hybridized carbons (Fsp3) is 0.0455. The molecule has 0 spiro atoms. The van der Waals surface area contributed by atoms with Gasteiger partial charge in [0.05, 0.1) is 23.0 Å². The average molecular weight is 401 g/mol. The van der Waals surface area contributed by atoms with Gasteiger partial charge in [0.25, 0.3) is 5.91 Å². The largest absolute Gasteiger partial charge is 0.494 e. The van der Waals surface area contributed by atoms with Gasteiger partial charge in [0.1, 0.15) is 11.3 Å². The quantitative estimate of drug-likeness (QED) is 0.438. The maximum absolute atomic E-state index is 12.8. The van der Waals surface area contributed by atoms with Gasteiger partial charge in [0.15, 0.2) is 16.5 Å². The molecule has 0 aliphatic heterocycles. The Labute approximate surface area is 169 Å². The first-order valence-corrected chi connectivity index (χ1v) is 9.73. The fourth-order valence-corrected chi connectivity index (χ4v) is 4.08. The SMILES string of the molecule is COc1ccc(NC(=O)c2ccc(-c3nc4ccccc4s3)o2)c2cccnc12. The van der Waals surface area contributed by atoms with E-state index in [1.807, 2.05) is 36.4 Å². The topological polar surface area (TPSA) is 77.2 Å². The van der Waals surface area contributed by atoms with Crippen molar-refractivity contribution in [1.82, 2.24) is 9.97 Å². The number of carbonyl (C=O) groups is 1. The third-order valence-electron chi connectivity index (χ3n) is 4.54. The van der Waals surface area contributed by atoms with Crippen molar-refractivity contribution in [2.45, 2.75) is 0 Å². The molecule has 2 aromatic carbocycles. The minimum Gasteiger partial charge on any atom is -0.494 e. The highest BCUT2D eigenvalue weighted by Crippen LogP contribution is 2.32. The number of ether oxygens (including phenoxy) is 1. The Morgan fingerprint density at radius 3 is 2.83 bits per heavy atom. The standard InChI is InChI=1S/C22H15N3O3S/c1-27-16-9-8-14(13-5-4-12-23-20(13)16)24-21(26)17-10-11-18(28-17)22-25-15-6-2-3-7-19(15)29-22/h2-12H,1H3,(H,24,26). The van der Waals surface area contributed by atoms with Crippen molar-refractivity contribution in [2.24, 2.45) is 0 Å². The first kappa shape index (κ1) is 17.4. The van der Waals surface area contributed by atoms with Crippen LogP contribution in [0.3, 0.4) is 0 Å². The van der Waals surface area contributed by atoms with Gasteiger partial charge in [-0.05, 0) is 48.5 Å². The molecule has 0 saturated carbocycles. The lowest BCUT2D eigenvalue weighted by atomic mass is 10.1. The molecule has 0 aliphatic carbocycles. The van der Waals surface area contributed by atoms with E-state index in [-0.39, 0.29) is 11.7 Å². The highest BCUT2D eigenvalue weighted by Gasteiger charge is 2.17. The van der Waals surface area contributed by atoms with E-state index >= 15 is 0 Å². The molecule has 6 nitrogen and oxygen atoms in total. The Morgan fingerprint density at radius 1 is 1.07 bits per heavy atom. The molecule has 1 N–H and O–H groups in total. The Kier molecular flexibility index (Phi) is 4.22. The Balaban J connectivity index is 1.44. The molecule has 0 bridgehead atoms. The summed E-state index contributed by atoms with van der Waals surface area (Å²) in [5.41, 5.74) is 2.23. The molecule has 29 heavy (non-hydrogen) atoms. The van der Waals surface area contributed by atoms with Crippen LogP contribution in [-0.2, 0) is 0 Å². The molecule has 3 aromatic heterocycles. The summed E-state index contributed by atoms with van der Waals surface area (Å²) in [6, 6.07) is 18.6. The first-order chi connectivity index (χ1) is 14.2. The van der Waals surface area contributed by atoms with Gasteiger partial charge in [-0.1, -0.05) is 12.1 Å². The average Bonchev–Trinajstić information content (AvgIpc) is 3.41. The van der Waals surface area contributed by atoms with E-state index < -0.39 is 0 Å². The third-order valence-corrected chi connectivity index (χ3v) is 5.59. The van der Waals surface area contributed by atoms with Crippen LogP contribution in [0.4, 0.5) is 5.69 Å². The summed E-state index contributed by atoms with van der Waals surface area (Å²) in [7, 11) is 1.59. The van der Waals surface area contributed by atoms with Crippen molar-refractivity contribution in [1.29, 1.82) is 0 Å². The maximum atomic E-state index is 12.8. The van der Waals surface area contributed by atoms with Gasteiger partial charge in [-0.25, -0.2) is 4.98 Å². The summed E-state index contributed by atoms with van der Waals surface area (Å²) >= 11 is 1.53. The predicted molar refractivity (Wildman–Crippen MR) is 114 cm³/mol. The van der Waals surface area contributed by atoms with Crippen LogP contribution in [0.5, 0.6) is 5.75 Å². The summed E-state index contributed by atoms with van der Waals surface area (Å²) in [5.74, 6) is 1.09. The van der Waals surface area contributed by atoms with Gasteiger partial charge in [0, 0.05) is 11.6 Å². The molecule has 5 aromatic rings. The van der Waals surface area contributed by atoms with E-state index in [1.165, 1.54) is 11.3 Å². The molecule has 0 saturated heterocycles. The Morgan fingerprint density at radius 2 is 1.97 bits per heavy atom. The number of carbonyl (C=O) groups excluding carboxylic acids is 1. The summed E-state index contributed by atoms with van der Waals surface area (Å²) in [5, 5.41) is 4.43. The second kappa shape index (κ2) is 7.03. The van der Waals surface area contributed by atoms with Gasteiger partial charge in [-0.2, -0.15) is 0 Å². The number of amides is 1. The number of aromatic nitrogens is 2. The summed E-state index contributed by atoms with van der Waals surface area (Å²) in [6.07, 6.45) is 1.69. The summed E-state index contributed by atoms with van der Waals surface area (Å²) < 4.78 is 12.2. The van der Waals surface area contributed by atoms with Crippen LogP contribution < -0.4 is 10.1 Å². The number of nitrogens with one attached hydrogen (secondary N) is 1. The number of benzene rings is 2. The minimum absolute atomic E-state index is 0.215. The van der Waals surface area contributed by atoms with Crippen LogP contribution in [0.1, 0.15) is 10.6 Å². The van der Waals surface area contributed by atoms with Crippen LogP contribution in [0, 0.1) is 0 Å². The smallest absolute Gasteiger partial charge is 0.291 e. The monoisotopic (exact) mass is 401 g/mol. The number of fused-ring (bicyclic) bond motifs is 2. The lowest BCUT2D eigenvalue weighted by molar-refractivity contribution is 0.0997. The van der Waals surface area contributed by atoms with Gasteiger partial charge >= 0.3 is 0 Å². The van der Waals surface area contributed by atoms with Crippen molar-refractivity contribution >= 4 is 44.1 Å². The van der Waals surface area contributed by atoms with Gasteiger partial charge in [-0.3, -0.25) is 9.78 Å². The van der Waals surface area contributed by atoms with E-state index in [2.05, 4.69) is 15.3 Å². The zero-order valence-electron chi connectivity index (χ0n) is 15.4. The van der Waals surface area contributed by atoms with Gasteiger partial charge in [-0.15, -0.1) is 11.3 Å². The summed E-state index contributed by atoms with van der Waals surface area (Å²) in [6.45, 7) is 0. The third kappa shape index (κ3) is 3.11. The lowest BCUT2D eigenvalue weighted by Gasteiger charge is -2.10. The van der Waals surface area contributed by atoms with Crippen LogP contribution in [0.2, 0.25) is 0 Å². The van der Waals surface area contributed by atoms with E-state index in [0.717, 1.165) is 20.6 Å². The number of methoxy groups -OCH3 is 1.